The van der Waals surface area contributed by atoms with E-state index in [2.05, 4.69) is 22.8 Å². The zero-order valence-electron chi connectivity index (χ0n) is 14.0. The van der Waals surface area contributed by atoms with Gasteiger partial charge < -0.3 is 20.3 Å². The number of nitrogens with one attached hydrogen (secondary N) is 2. The second-order valence-electron chi connectivity index (χ2n) is 6.65. The molecule has 0 saturated carbocycles. The number of anilines is 1. The number of nitrogens with zero attached hydrogens (tertiary/aromatic N) is 1. The van der Waals surface area contributed by atoms with Crippen molar-refractivity contribution < 1.29 is 9.53 Å². The van der Waals surface area contributed by atoms with Crippen molar-refractivity contribution in [2.45, 2.75) is 45.9 Å². The SMILES string of the molecule is CCN(Cc1ccccc1NC1CNC1)C(=O)OC(C)(C)C. The Bertz CT molecular complexity index is 507. The maximum absolute atomic E-state index is 12.3. The average Bonchev–Trinajstić information content (AvgIpc) is 2.39. The van der Waals surface area contributed by atoms with Gasteiger partial charge in [0.25, 0.3) is 0 Å². The van der Waals surface area contributed by atoms with E-state index in [-0.39, 0.29) is 6.09 Å². The zero-order chi connectivity index (χ0) is 16.2. The Morgan fingerprint density at radius 1 is 1.36 bits per heavy atom. The van der Waals surface area contributed by atoms with Crippen molar-refractivity contribution in [2.75, 3.05) is 25.0 Å². The largest absolute Gasteiger partial charge is 0.444 e. The predicted octanol–water partition coefficient (Wildman–Crippen LogP) is 2.83. The maximum atomic E-state index is 12.3. The molecule has 1 saturated heterocycles. The van der Waals surface area contributed by atoms with Crippen LogP contribution in [0.2, 0.25) is 0 Å². The molecule has 1 aromatic rings. The molecule has 22 heavy (non-hydrogen) atoms. The van der Waals surface area contributed by atoms with Crippen molar-refractivity contribution in [3.8, 4) is 0 Å². The Labute approximate surface area is 133 Å². The second-order valence-corrected chi connectivity index (χ2v) is 6.65. The van der Waals surface area contributed by atoms with E-state index >= 15 is 0 Å². The minimum absolute atomic E-state index is 0.268. The van der Waals surface area contributed by atoms with Gasteiger partial charge in [0.2, 0.25) is 0 Å². The lowest BCUT2D eigenvalue weighted by atomic mass is 10.1. The van der Waals surface area contributed by atoms with Gasteiger partial charge in [0.1, 0.15) is 5.60 Å². The number of para-hydroxylation sites is 1. The number of rotatable bonds is 5. The van der Waals surface area contributed by atoms with Crippen LogP contribution in [0.1, 0.15) is 33.3 Å². The van der Waals surface area contributed by atoms with Crippen molar-refractivity contribution in [2.24, 2.45) is 0 Å². The zero-order valence-corrected chi connectivity index (χ0v) is 14.0. The van der Waals surface area contributed by atoms with Crippen molar-refractivity contribution in [1.82, 2.24) is 10.2 Å². The molecular weight excluding hydrogens is 278 g/mol. The number of amides is 1. The molecule has 2 N–H and O–H groups in total. The van der Waals surface area contributed by atoms with Gasteiger partial charge in [0, 0.05) is 25.3 Å². The van der Waals surface area contributed by atoms with Crippen molar-refractivity contribution in [3.63, 3.8) is 0 Å². The topological polar surface area (TPSA) is 53.6 Å². The molecule has 0 aromatic heterocycles. The molecule has 0 unspecified atom stereocenters. The average molecular weight is 305 g/mol. The van der Waals surface area contributed by atoms with Gasteiger partial charge in [-0.05, 0) is 39.3 Å². The van der Waals surface area contributed by atoms with E-state index in [9.17, 15) is 4.79 Å². The molecule has 1 aliphatic rings. The van der Waals surface area contributed by atoms with Gasteiger partial charge >= 0.3 is 6.09 Å². The lowest BCUT2D eigenvalue weighted by molar-refractivity contribution is 0.0245. The summed E-state index contributed by atoms with van der Waals surface area (Å²) in [6.45, 7) is 10.8. The van der Waals surface area contributed by atoms with E-state index in [1.807, 2.05) is 39.8 Å². The molecule has 5 heteroatoms. The summed E-state index contributed by atoms with van der Waals surface area (Å²) in [6.07, 6.45) is -0.268. The number of carbonyl (C=O) groups is 1. The number of benzene rings is 1. The molecule has 1 amide bonds. The Morgan fingerprint density at radius 2 is 2.05 bits per heavy atom. The summed E-state index contributed by atoms with van der Waals surface area (Å²) in [7, 11) is 0. The fourth-order valence-electron chi connectivity index (χ4n) is 2.25. The van der Waals surface area contributed by atoms with E-state index in [1.54, 1.807) is 4.90 Å². The predicted molar refractivity (Wildman–Crippen MR) is 89.0 cm³/mol. The quantitative estimate of drug-likeness (QED) is 0.878. The van der Waals surface area contributed by atoms with Crippen LogP contribution in [0.4, 0.5) is 10.5 Å². The summed E-state index contributed by atoms with van der Waals surface area (Å²) in [4.78, 5) is 14.0. The third kappa shape index (κ3) is 4.63. The smallest absolute Gasteiger partial charge is 0.410 e. The van der Waals surface area contributed by atoms with Crippen LogP contribution in [0.25, 0.3) is 0 Å². The normalized spacial score (nSPS) is 15.1. The Morgan fingerprint density at radius 3 is 2.59 bits per heavy atom. The Kier molecular flexibility index (Phi) is 5.29. The van der Waals surface area contributed by atoms with Crippen LogP contribution >= 0.6 is 0 Å². The maximum Gasteiger partial charge on any atom is 0.410 e. The van der Waals surface area contributed by atoms with Crippen molar-refractivity contribution in [3.05, 3.63) is 29.8 Å². The first-order valence-electron chi connectivity index (χ1n) is 7.92. The fraction of sp³-hybridized carbons (Fsp3) is 0.588. The monoisotopic (exact) mass is 305 g/mol. The van der Waals surface area contributed by atoms with Gasteiger partial charge in [-0.15, -0.1) is 0 Å². The number of ether oxygens (including phenoxy) is 1. The summed E-state index contributed by atoms with van der Waals surface area (Å²) in [5, 5.41) is 6.77. The lowest BCUT2D eigenvalue weighted by Gasteiger charge is -2.31. The molecule has 1 fully saturated rings. The Hall–Kier alpha value is -1.75. The molecule has 1 heterocycles. The van der Waals surface area contributed by atoms with Crippen LogP contribution in [0.3, 0.4) is 0 Å². The van der Waals surface area contributed by atoms with Gasteiger partial charge in [-0.2, -0.15) is 0 Å². The van der Waals surface area contributed by atoms with Gasteiger partial charge in [0.15, 0.2) is 0 Å². The highest BCUT2D eigenvalue weighted by Crippen LogP contribution is 2.20. The number of hydrogen-bond acceptors (Lipinski definition) is 4. The molecule has 0 atom stereocenters. The lowest BCUT2D eigenvalue weighted by Crippen LogP contribution is -2.51. The van der Waals surface area contributed by atoms with Crippen molar-refractivity contribution >= 4 is 11.8 Å². The molecule has 0 aliphatic carbocycles. The summed E-state index contributed by atoms with van der Waals surface area (Å²) in [5.74, 6) is 0. The first kappa shape index (κ1) is 16.6. The van der Waals surface area contributed by atoms with Gasteiger partial charge in [-0.1, -0.05) is 18.2 Å². The van der Waals surface area contributed by atoms with Crippen LogP contribution in [0.15, 0.2) is 24.3 Å². The molecule has 122 valence electrons. The highest BCUT2D eigenvalue weighted by Gasteiger charge is 2.22. The first-order chi connectivity index (χ1) is 10.4. The van der Waals surface area contributed by atoms with Crippen LogP contribution < -0.4 is 10.6 Å². The van der Waals surface area contributed by atoms with E-state index in [4.69, 9.17) is 4.74 Å². The van der Waals surface area contributed by atoms with Crippen LogP contribution in [-0.4, -0.2) is 42.3 Å². The molecule has 0 radical (unpaired) electrons. The first-order valence-corrected chi connectivity index (χ1v) is 7.92. The Balaban J connectivity index is 2.05. The summed E-state index contributed by atoms with van der Waals surface area (Å²) in [6, 6.07) is 8.61. The minimum atomic E-state index is -0.472. The van der Waals surface area contributed by atoms with Gasteiger partial charge in [-0.3, -0.25) is 0 Å². The molecule has 2 rings (SSSR count). The van der Waals surface area contributed by atoms with E-state index in [1.165, 1.54) is 0 Å². The molecule has 0 bridgehead atoms. The molecule has 1 aliphatic heterocycles. The van der Waals surface area contributed by atoms with Gasteiger partial charge in [-0.25, -0.2) is 4.79 Å². The second kappa shape index (κ2) is 7.01. The minimum Gasteiger partial charge on any atom is -0.444 e. The standard InChI is InChI=1S/C17H27N3O2/c1-5-20(16(21)22-17(2,3)4)12-13-8-6-7-9-15(13)19-14-10-18-11-14/h6-9,14,18-19H,5,10-12H2,1-4H3. The fourth-order valence-corrected chi connectivity index (χ4v) is 2.25. The summed E-state index contributed by atoms with van der Waals surface area (Å²) < 4.78 is 5.47. The van der Waals surface area contributed by atoms with E-state index in [0.717, 1.165) is 24.3 Å². The third-order valence-electron chi connectivity index (χ3n) is 3.55. The summed E-state index contributed by atoms with van der Waals surface area (Å²) in [5.41, 5.74) is 1.73. The highest BCUT2D eigenvalue weighted by atomic mass is 16.6. The van der Waals surface area contributed by atoms with Gasteiger partial charge in [0.05, 0.1) is 12.6 Å². The number of hydrogen-bond donors (Lipinski definition) is 2. The van der Waals surface area contributed by atoms with E-state index in [0.29, 0.717) is 19.1 Å². The molecular formula is C17H27N3O2. The number of carbonyl (C=O) groups excluding carboxylic acids is 1. The van der Waals surface area contributed by atoms with Crippen LogP contribution in [-0.2, 0) is 11.3 Å². The van der Waals surface area contributed by atoms with Crippen LogP contribution in [0, 0.1) is 0 Å². The summed E-state index contributed by atoms with van der Waals surface area (Å²) >= 11 is 0. The molecule has 1 aromatic carbocycles. The van der Waals surface area contributed by atoms with E-state index < -0.39 is 5.60 Å². The molecule has 0 spiro atoms. The highest BCUT2D eigenvalue weighted by molar-refractivity contribution is 5.68. The van der Waals surface area contributed by atoms with Crippen molar-refractivity contribution in [1.29, 1.82) is 0 Å². The van der Waals surface area contributed by atoms with Crippen LogP contribution in [0.5, 0.6) is 0 Å². The third-order valence-corrected chi connectivity index (χ3v) is 3.55. The molecule has 5 nitrogen and oxygen atoms in total.